The Bertz CT molecular complexity index is 1020. The first kappa shape index (κ1) is 23.7. The summed E-state index contributed by atoms with van der Waals surface area (Å²) >= 11 is 0. The van der Waals surface area contributed by atoms with Crippen molar-refractivity contribution >= 4 is 24.1 Å². The minimum atomic E-state index is -1.65. The van der Waals surface area contributed by atoms with Crippen molar-refractivity contribution in [2.75, 3.05) is 6.61 Å². The average molecular weight is 437 g/mol. The van der Waals surface area contributed by atoms with E-state index in [2.05, 4.69) is 13.8 Å². The minimum absolute atomic E-state index is 0.148. The molecule has 1 unspecified atom stereocenters. The molecule has 2 aromatic rings. The van der Waals surface area contributed by atoms with Gasteiger partial charge in [0.15, 0.2) is 5.60 Å². The fraction of sp³-hybridized carbons (Fsp3) is 0.407. The highest BCUT2D eigenvalue weighted by molar-refractivity contribution is 5.89. The molecule has 1 aliphatic rings. The second-order valence-electron chi connectivity index (χ2n) is 9.18. The molecule has 170 valence electrons. The number of carbonyl (C=O) groups excluding carboxylic acids is 2. The first-order chi connectivity index (χ1) is 15.1. The van der Waals surface area contributed by atoms with Crippen molar-refractivity contribution < 1.29 is 24.2 Å². The van der Waals surface area contributed by atoms with Gasteiger partial charge in [-0.05, 0) is 79.5 Å². The van der Waals surface area contributed by atoms with Gasteiger partial charge in [-0.15, -0.1) is 0 Å². The van der Waals surface area contributed by atoms with Crippen LogP contribution in [-0.2, 0) is 25.3 Å². The molecule has 0 aliphatic heterocycles. The SMILES string of the molecule is CCOC(=O)c1ccc(C=Cc2ccc3c(c2)C(O)(C(=O)OC(C)C)CCC3(C)C)cc1. The van der Waals surface area contributed by atoms with Gasteiger partial charge in [-0.25, -0.2) is 9.59 Å². The molecule has 32 heavy (non-hydrogen) atoms. The van der Waals surface area contributed by atoms with E-state index in [1.807, 2.05) is 42.5 Å². The molecule has 0 heterocycles. The van der Waals surface area contributed by atoms with Crippen LogP contribution in [0.3, 0.4) is 0 Å². The number of aliphatic hydroxyl groups is 1. The summed E-state index contributed by atoms with van der Waals surface area (Å²) in [5.74, 6) is -0.937. The van der Waals surface area contributed by atoms with E-state index < -0.39 is 11.6 Å². The molecule has 1 N–H and O–H groups in total. The van der Waals surface area contributed by atoms with E-state index >= 15 is 0 Å². The molecular weight excluding hydrogens is 404 g/mol. The Balaban J connectivity index is 1.91. The largest absolute Gasteiger partial charge is 0.462 e. The van der Waals surface area contributed by atoms with E-state index in [4.69, 9.17) is 9.47 Å². The van der Waals surface area contributed by atoms with Gasteiger partial charge >= 0.3 is 11.9 Å². The molecule has 0 aromatic heterocycles. The maximum Gasteiger partial charge on any atom is 0.343 e. The van der Waals surface area contributed by atoms with Gasteiger partial charge in [0.1, 0.15) is 0 Å². The van der Waals surface area contributed by atoms with Crippen molar-refractivity contribution in [2.45, 2.75) is 64.6 Å². The topological polar surface area (TPSA) is 72.8 Å². The summed E-state index contributed by atoms with van der Waals surface area (Å²) in [6.07, 6.45) is 4.56. The van der Waals surface area contributed by atoms with Gasteiger partial charge in [-0.2, -0.15) is 0 Å². The standard InChI is InChI=1S/C27H32O5/c1-6-31-24(28)21-12-9-19(10-13-21)7-8-20-11-14-22-23(17-20)27(30,16-15-26(22,4)5)25(29)32-18(2)3/h7-14,17-18,30H,6,15-16H2,1-5H3. The Morgan fingerprint density at radius 1 is 1.00 bits per heavy atom. The van der Waals surface area contributed by atoms with Crippen molar-refractivity contribution in [1.82, 2.24) is 0 Å². The van der Waals surface area contributed by atoms with Crippen molar-refractivity contribution in [1.29, 1.82) is 0 Å². The van der Waals surface area contributed by atoms with E-state index in [1.54, 1.807) is 32.9 Å². The van der Waals surface area contributed by atoms with Gasteiger partial charge in [0.2, 0.25) is 0 Å². The normalized spacial score (nSPS) is 19.6. The number of carbonyl (C=O) groups is 2. The predicted octanol–water partition coefficient (Wildman–Crippen LogP) is 5.24. The molecule has 0 bridgehead atoms. The summed E-state index contributed by atoms with van der Waals surface area (Å²) in [7, 11) is 0. The zero-order valence-electron chi connectivity index (χ0n) is 19.5. The van der Waals surface area contributed by atoms with E-state index in [-0.39, 0.29) is 17.5 Å². The summed E-state index contributed by atoms with van der Waals surface area (Å²) < 4.78 is 10.4. The molecule has 0 fully saturated rings. The Morgan fingerprint density at radius 2 is 1.62 bits per heavy atom. The van der Waals surface area contributed by atoms with Gasteiger partial charge in [-0.3, -0.25) is 0 Å². The van der Waals surface area contributed by atoms with E-state index in [1.165, 1.54) is 0 Å². The molecule has 0 amide bonds. The molecule has 0 saturated heterocycles. The number of ether oxygens (including phenoxy) is 2. The highest BCUT2D eigenvalue weighted by Crippen LogP contribution is 2.46. The van der Waals surface area contributed by atoms with E-state index in [0.29, 0.717) is 30.6 Å². The zero-order valence-corrected chi connectivity index (χ0v) is 19.5. The van der Waals surface area contributed by atoms with Crippen LogP contribution in [0, 0.1) is 0 Å². The second kappa shape index (κ2) is 9.29. The summed E-state index contributed by atoms with van der Waals surface area (Å²) in [6.45, 7) is 9.92. The monoisotopic (exact) mass is 436 g/mol. The van der Waals surface area contributed by atoms with Crippen LogP contribution in [0.5, 0.6) is 0 Å². The molecule has 5 nitrogen and oxygen atoms in total. The number of rotatable bonds is 6. The lowest BCUT2D eigenvalue weighted by Gasteiger charge is -2.41. The minimum Gasteiger partial charge on any atom is -0.462 e. The molecular formula is C27H32O5. The van der Waals surface area contributed by atoms with Crippen LogP contribution in [0.25, 0.3) is 12.2 Å². The van der Waals surface area contributed by atoms with Gasteiger partial charge in [0.05, 0.1) is 18.3 Å². The van der Waals surface area contributed by atoms with Crippen LogP contribution in [0.15, 0.2) is 42.5 Å². The molecule has 0 spiro atoms. The van der Waals surface area contributed by atoms with Crippen molar-refractivity contribution in [2.24, 2.45) is 0 Å². The fourth-order valence-corrected chi connectivity index (χ4v) is 4.02. The zero-order chi connectivity index (χ0) is 23.5. The number of hydrogen-bond donors (Lipinski definition) is 1. The average Bonchev–Trinajstić information content (AvgIpc) is 2.75. The second-order valence-corrected chi connectivity index (χ2v) is 9.18. The Kier molecular flexibility index (Phi) is 6.89. The number of benzene rings is 2. The fourth-order valence-electron chi connectivity index (χ4n) is 4.02. The van der Waals surface area contributed by atoms with Crippen LogP contribution >= 0.6 is 0 Å². The predicted molar refractivity (Wildman–Crippen MR) is 125 cm³/mol. The van der Waals surface area contributed by atoms with Crippen molar-refractivity contribution in [3.8, 4) is 0 Å². The molecule has 2 aromatic carbocycles. The Hall–Kier alpha value is -2.92. The molecule has 0 radical (unpaired) electrons. The lowest BCUT2D eigenvalue weighted by Crippen LogP contribution is -2.45. The first-order valence-electron chi connectivity index (χ1n) is 11.1. The highest BCUT2D eigenvalue weighted by Gasteiger charge is 2.48. The van der Waals surface area contributed by atoms with Crippen molar-refractivity contribution in [3.63, 3.8) is 0 Å². The third kappa shape index (κ3) is 4.94. The maximum atomic E-state index is 12.8. The van der Waals surface area contributed by atoms with E-state index in [0.717, 1.165) is 16.7 Å². The summed E-state index contributed by atoms with van der Waals surface area (Å²) in [5.41, 5.74) is 2.07. The first-order valence-corrected chi connectivity index (χ1v) is 11.1. The van der Waals surface area contributed by atoms with Crippen LogP contribution in [-0.4, -0.2) is 29.8 Å². The maximum absolute atomic E-state index is 12.8. The summed E-state index contributed by atoms with van der Waals surface area (Å²) in [5, 5.41) is 11.4. The molecule has 5 heteroatoms. The smallest absolute Gasteiger partial charge is 0.343 e. The third-order valence-corrected chi connectivity index (χ3v) is 5.90. The molecule has 1 atom stereocenters. The summed E-state index contributed by atoms with van der Waals surface area (Å²) in [4.78, 5) is 24.6. The lowest BCUT2D eigenvalue weighted by atomic mass is 9.66. The highest BCUT2D eigenvalue weighted by atomic mass is 16.6. The molecule has 1 aliphatic carbocycles. The Labute approximate surface area is 190 Å². The summed E-state index contributed by atoms with van der Waals surface area (Å²) in [6, 6.07) is 13.0. The van der Waals surface area contributed by atoms with Gasteiger partial charge in [-0.1, -0.05) is 50.3 Å². The van der Waals surface area contributed by atoms with Crippen LogP contribution < -0.4 is 0 Å². The van der Waals surface area contributed by atoms with Crippen LogP contribution in [0.2, 0.25) is 0 Å². The van der Waals surface area contributed by atoms with Crippen LogP contribution in [0.1, 0.15) is 80.1 Å². The van der Waals surface area contributed by atoms with Gasteiger partial charge in [0.25, 0.3) is 0 Å². The molecule has 0 saturated carbocycles. The van der Waals surface area contributed by atoms with Crippen LogP contribution in [0.4, 0.5) is 0 Å². The van der Waals surface area contributed by atoms with Gasteiger partial charge < -0.3 is 14.6 Å². The number of fused-ring (bicyclic) bond motifs is 1. The van der Waals surface area contributed by atoms with E-state index in [9.17, 15) is 14.7 Å². The third-order valence-electron chi connectivity index (χ3n) is 5.90. The molecule has 3 rings (SSSR count). The van der Waals surface area contributed by atoms with Crippen molar-refractivity contribution in [3.05, 3.63) is 70.3 Å². The van der Waals surface area contributed by atoms with Gasteiger partial charge in [0, 0.05) is 0 Å². The lowest BCUT2D eigenvalue weighted by molar-refractivity contribution is -0.173. The number of esters is 2. The Morgan fingerprint density at radius 3 is 2.25 bits per heavy atom. The quantitative estimate of drug-likeness (QED) is 0.495. The number of hydrogen-bond acceptors (Lipinski definition) is 5.